The summed E-state index contributed by atoms with van der Waals surface area (Å²) in [5.41, 5.74) is 2.78. The van der Waals surface area contributed by atoms with Gasteiger partial charge >= 0.3 is 0 Å². The highest BCUT2D eigenvalue weighted by Crippen LogP contribution is 2.37. The summed E-state index contributed by atoms with van der Waals surface area (Å²) in [7, 11) is 0. The van der Waals surface area contributed by atoms with Crippen molar-refractivity contribution in [1.82, 2.24) is 0 Å². The second-order valence-electron chi connectivity index (χ2n) is 8.26. The zero-order valence-corrected chi connectivity index (χ0v) is 18.8. The summed E-state index contributed by atoms with van der Waals surface area (Å²) in [5.74, 6) is -1.62. The molecule has 1 aliphatic rings. The van der Waals surface area contributed by atoms with Crippen LogP contribution < -0.4 is 10.6 Å². The molecule has 2 amide bonds. The van der Waals surface area contributed by atoms with Crippen LogP contribution in [0.25, 0.3) is 0 Å². The van der Waals surface area contributed by atoms with Crippen LogP contribution in [-0.4, -0.2) is 23.4 Å². The number of hydrogen-bond acceptors (Lipinski definition) is 4. The number of amides is 2. The Labute approximate surface area is 201 Å². The van der Waals surface area contributed by atoms with Gasteiger partial charge in [0.15, 0.2) is 11.6 Å². The van der Waals surface area contributed by atoms with Crippen LogP contribution in [0, 0.1) is 6.92 Å². The van der Waals surface area contributed by atoms with E-state index in [1.54, 1.807) is 72.8 Å². The summed E-state index contributed by atoms with van der Waals surface area (Å²) in [6, 6.07) is 25.2. The molecule has 35 heavy (non-hydrogen) atoms. The molecule has 4 aromatic rings. The molecule has 0 bridgehead atoms. The fourth-order valence-corrected chi connectivity index (χ4v) is 4.20. The third-order valence-corrected chi connectivity index (χ3v) is 5.89. The average molecular weight is 460 g/mol. The van der Waals surface area contributed by atoms with Crippen LogP contribution in [0.5, 0.6) is 0 Å². The highest BCUT2D eigenvalue weighted by atomic mass is 16.2. The molecule has 5 rings (SSSR count). The average Bonchev–Trinajstić information content (AvgIpc) is 2.88. The number of hydrogen-bond donors (Lipinski definition) is 2. The number of rotatable bonds is 4. The van der Waals surface area contributed by atoms with Crippen molar-refractivity contribution in [3.8, 4) is 0 Å². The number of carbonyl (C=O) groups is 4. The Morgan fingerprint density at radius 3 is 1.60 bits per heavy atom. The van der Waals surface area contributed by atoms with Gasteiger partial charge in [-0.05, 0) is 43.3 Å². The number of fused-ring (bicyclic) bond motifs is 2. The molecule has 0 spiro atoms. The van der Waals surface area contributed by atoms with E-state index < -0.39 is 23.4 Å². The zero-order chi connectivity index (χ0) is 24.5. The van der Waals surface area contributed by atoms with E-state index in [4.69, 9.17) is 0 Å². The lowest BCUT2D eigenvalue weighted by molar-refractivity contribution is 0.0977. The van der Waals surface area contributed by atoms with Gasteiger partial charge in [0.05, 0.1) is 22.5 Å². The van der Waals surface area contributed by atoms with Gasteiger partial charge in [0.1, 0.15) is 0 Å². The molecule has 0 atom stereocenters. The van der Waals surface area contributed by atoms with Crippen LogP contribution >= 0.6 is 0 Å². The van der Waals surface area contributed by atoms with Gasteiger partial charge in [-0.15, -0.1) is 0 Å². The van der Waals surface area contributed by atoms with E-state index in [0.717, 1.165) is 5.56 Å². The molecule has 0 saturated carbocycles. The standard InChI is InChI=1S/C29H20N2O4/c1-17-8-7-11-19(16-17)29(35)31-23-15-14-22(30-28(34)18-9-3-2-4-10-18)24-25(23)27(33)21-13-6-5-12-20(21)26(24)32/h2-16H,1H3,(H,30,34)(H,31,35). The van der Waals surface area contributed by atoms with Crippen molar-refractivity contribution in [3.05, 3.63) is 130 Å². The summed E-state index contributed by atoms with van der Waals surface area (Å²) >= 11 is 0. The van der Waals surface area contributed by atoms with Crippen molar-refractivity contribution in [2.45, 2.75) is 6.92 Å². The van der Waals surface area contributed by atoms with Gasteiger partial charge in [0.25, 0.3) is 11.8 Å². The third kappa shape index (κ3) is 4.02. The van der Waals surface area contributed by atoms with Crippen LogP contribution in [0.15, 0.2) is 91.0 Å². The minimum Gasteiger partial charge on any atom is -0.321 e. The molecule has 0 heterocycles. The first-order valence-corrected chi connectivity index (χ1v) is 11.0. The quantitative estimate of drug-likeness (QED) is 0.382. The third-order valence-electron chi connectivity index (χ3n) is 5.89. The first kappa shape index (κ1) is 22.0. The van der Waals surface area contributed by atoms with Crippen molar-refractivity contribution in [1.29, 1.82) is 0 Å². The van der Waals surface area contributed by atoms with Gasteiger partial charge in [-0.25, -0.2) is 0 Å². The van der Waals surface area contributed by atoms with E-state index >= 15 is 0 Å². The number of carbonyl (C=O) groups excluding carboxylic acids is 4. The molecule has 2 N–H and O–H groups in total. The highest BCUT2D eigenvalue weighted by molar-refractivity contribution is 6.33. The van der Waals surface area contributed by atoms with Gasteiger partial charge in [-0.1, -0.05) is 60.2 Å². The van der Waals surface area contributed by atoms with Gasteiger partial charge in [-0.3, -0.25) is 19.2 Å². The first-order valence-electron chi connectivity index (χ1n) is 11.0. The second kappa shape index (κ2) is 8.83. The van der Waals surface area contributed by atoms with E-state index in [2.05, 4.69) is 10.6 Å². The van der Waals surface area contributed by atoms with E-state index in [-0.39, 0.29) is 33.6 Å². The Hall–Kier alpha value is -4.84. The van der Waals surface area contributed by atoms with E-state index in [0.29, 0.717) is 11.1 Å². The number of anilines is 2. The lowest BCUT2D eigenvalue weighted by atomic mass is 9.82. The smallest absolute Gasteiger partial charge is 0.255 e. The van der Waals surface area contributed by atoms with Gasteiger partial charge in [-0.2, -0.15) is 0 Å². The molecule has 4 aromatic carbocycles. The molecule has 0 aliphatic heterocycles. The monoisotopic (exact) mass is 460 g/mol. The summed E-state index contributed by atoms with van der Waals surface area (Å²) in [6.07, 6.45) is 0. The topological polar surface area (TPSA) is 92.3 Å². The van der Waals surface area contributed by atoms with Crippen molar-refractivity contribution >= 4 is 34.8 Å². The molecular weight excluding hydrogens is 440 g/mol. The fraction of sp³-hybridized carbons (Fsp3) is 0.0345. The number of aryl methyl sites for hydroxylation is 1. The van der Waals surface area contributed by atoms with Crippen molar-refractivity contribution in [2.75, 3.05) is 10.6 Å². The number of benzene rings is 4. The maximum absolute atomic E-state index is 13.5. The largest absolute Gasteiger partial charge is 0.321 e. The Morgan fingerprint density at radius 1 is 0.571 bits per heavy atom. The van der Waals surface area contributed by atoms with E-state index in [1.807, 2.05) is 13.0 Å². The van der Waals surface area contributed by atoms with Crippen molar-refractivity contribution < 1.29 is 19.2 Å². The highest BCUT2D eigenvalue weighted by Gasteiger charge is 2.34. The molecule has 0 fully saturated rings. The van der Waals surface area contributed by atoms with Crippen LogP contribution in [0.1, 0.15) is 58.1 Å². The molecule has 0 saturated heterocycles. The Balaban J connectivity index is 1.61. The summed E-state index contributed by atoms with van der Waals surface area (Å²) in [5, 5.41) is 5.55. The minimum absolute atomic E-state index is 0.0556. The van der Waals surface area contributed by atoms with Gasteiger partial charge in [0.2, 0.25) is 0 Å². The van der Waals surface area contributed by atoms with Crippen molar-refractivity contribution in [3.63, 3.8) is 0 Å². The fourth-order valence-electron chi connectivity index (χ4n) is 4.20. The molecule has 6 heteroatoms. The maximum Gasteiger partial charge on any atom is 0.255 e. The molecule has 0 unspecified atom stereocenters. The van der Waals surface area contributed by atoms with Crippen LogP contribution in [-0.2, 0) is 0 Å². The summed E-state index contributed by atoms with van der Waals surface area (Å²) in [6.45, 7) is 1.88. The first-order chi connectivity index (χ1) is 16.9. The normalized spacial score (nSPS) is 11.9. The molecule has 6 nitrogen and oxygen atoms in total. The molecular formula is C29H20N2O4. The van der Waals surface area contributed by atoms with Crippen molar-refractivity contribution in [2.24, 2.45) is 0 Å². The predicted octanol–water partition coefficient (Wildman–Crippen LogP) is 5.28. The molecule has 0 radical (unpaired) electrons. The molecule has 0 aromatic heterocycles. The van der Waals surface area contributed by atoms with Crippen LogP contribution in [0.2, 0.25) is 0 Å². The Bertz CT molecular complexity index is 1520. The lowest BCUT2D eigenvalue weighted by Crippen LogP contribution is -2.26. The van der Waals surface area contributed by atoms with Crippen LogP contribution in [0.3, 0.4) is 0 Å². The SMILES string of the molecule is Cc1cccc(C(=O)Nc2ccc(NC(=O)c3ccccc3)c3c2C(=O)c2ccccc2C3=O)c1. The Morgan fingerprint density at radius 2 is 1.06 bits per heavy atom. The summed E-state index contributed by atoms with van der Waals surface area (Å²) in [4.78, 5) is 52.9. The summed E-state index contributed by atoms with van der Waals surface area (Å²) < 4.78 is 0. The lowest BCUT2D eigenvalue weighted by Gasteiger charge is -2.23. The van der Waals surface area contributed by atoms with E-state index in [1.165, 1.54) is 12.1 Å². The molecule has 1 aliphatic carbocycles. The number of ketones is 2. The molecule has 170 valence electrons. The zero-order valence-electron chi connectivity index (χ0n) is 18.8. The minimum atomic E-state index is -0.413. The van der Waals surface area contributed by atoms with Gasteiger partial charge in [0, 0.05) is 22.3 Å². The number of nitrogens with one attached hydrogen (secondary N) is 2. The maximum atomic E-state index is 13.5. The van der Waals surface area contributed by atoms with Gasteiger partial charge < -0.3 is 10.6 Å². The predicted molar refractivity (Wildman–Crippen MR) is 133 cm³/mol. The van der Waals surface area contributed by atoms with E-state index in [9.17, 15) is 19.2 Å². The Kier molecular flexibility index (Phi) is 5.55. The second-order valence-corrected chi connectivity index (χ2v) is 8.26. The van der Waals surface area contributed by atoms with Crippen LogP contribution in [0.4, 0.5) is 11.4 Å².